The fourth-order valence-corrected chi connectivity index (χ4v) is 2.76. The Balaban J connectivity index is 0.00000220. The predicted octanol–water partition coefficient (Wildman–Crippen LogP) is 3.16. The monoisotopic (exact) mass is 324 g/mol. The molecule has 0 aliphatic heterocycles. The van der Waals surface area contributed by atoms with Gasteiger partial charge in [-0.15, -0.1) is 23.7 Å². The van der Waals surface area contributed by atoms with Crippen molar-refractivity contribution in [3.63, 3.8) is 0 Å². The molecule has 0 saturated heterocycles. The van der Waals surface area contributed by atoms with Gasteiger partial charge in [-0.1, -0.05) is 43.3 Å². The third-order valence-corrected chi connectivity index (χ3v) is 4.27. The first kappa shape index (κ1) is 17.7. The van der Waals surface area contributed by atoms with Gasteiger partial charge in [0.15, 0.2) is 0 Å². The molecule has 0 aliphatic rings. The Labute approximate surface area is 136 Å². The summed E-state index contributed by atoms with van der Waals surface area (Å²) in [5, 5.41) is 5.14. The summed E-state index contributed by atoms with van der Waals surface area (Å²) in [6, 6.07) is 14.3. The summed E-state index contributed by atoms with van der Waals surface area (Å²) in [5.74, 6) is -0.143. The molecule has 0 radical (unpaired) electrons. The van der Waals surface area contributed by atoms with Gasteiger partial charge in [-0.05, 0) is 23.4 Å². The summed E-state index contributed by atoms with van der Waals surface area (Å²) in [5.41, 5.74) is 6.78. The number of nitrogens with two attached hydrogens (primary N) is 1. The Morgan fingerprint density at radius 2 is 1.95 bits per heavy atom. The van der Waals surface area contributed by atoms with Gasteiger partial charge in [0.1, 0.15) is 0 Å². The highest BCUT2D eigenvalue weighted by molar-refractivity contribution is 7.10. The number of nitrogens with one attached hydrogen (secondary N) is 1. The molecule has 2 rings (SSSR count). The van der Waals surface area contributed by atoms with Gasteiger partial charge >= 0.3 is 0 Å². The van der Waals surface area contributed by atoms with Crippen LogP contribution >= 0.6 is 23.7 Å². The summed E-state index contributed by atoms with van der Waals surface area (Å²) in [6.45, 7) is 2.22. The first-order valence-corrected chi connectivity index (χ1v) is 7.66. The molecule has 3 N–H and O–H groups in total. The van der Waals surface area contributed by atoms with Crippen LogP contribution < -0.4 is 11.1 Å². The molecule has 3 nitrogen and oxygen atoms in total. The van der Waals surface area contributed by atoms with E-state index in [0.29, 0.717) is 6.54 Å². The van der Waals surface area contributed by atoms with Crippen LogP contribution in [0, 0.1) is 5.92 Å². The molecular weight excluding hydrogens is 304 g/mol. The number of thiophene rings is 1. The zero-order valence-electron chi connectivity index (χ0n) is 12.0. The van der Waals surface area contributed by atoms with Crippen molar-refractivity contribution in [1.82, 2.24) is 5.32 Å². The molecule has 0 saturated carbocycles. The molecular formula is C16H21ClN2OS. The van der Waals surface area contributed by atoms with E-state index < -0.39 is 0 Å². The lowest BCUT2D eigenvalue weighted by Gasteiger charge is -2.20. The van der Waals surface area contributed by atoms with Crippen molar-refractivity contribution in [2.24, 2.45) is 11.7 Å². The van der Waals surface area contributed by atoms with E-state index in [0.717, 1.165) is 6.42 Å². The average Bonchev–Trinajstić information content (AvgIpc) is 3.01. The lowest BCUT2D eigenvalue weighted by atomic mass is 10.0. The average molecular weight is 325 g/mol. The number of carbonyl (C=O) groups excluding carboxylic acids is 1. The van der Waals surface area contributed by atoms with Gasteiger partial charge in [0.05, 0.1) is 6.04 Å². The molecule has 0 spiro atoms. The Morgan fingerprint density at radius 3 is 2.52 bits per heavy atom. The van der Waals surface area contributed by atoms with Crippen molar-refractivity contribution in [3.8, 4) is 0 Å². The van der Waals surface area contributed by atoms with Crippen LogP contribution in [0.15, 0.2) is 47.8 Å². The van der Waals surface area contributed by atoms with E-state index in [1.165, 1.54) is 10.4 Å². The van der Waals surface area contributed by atoms with Crippen molar-refractivity contribution in [3.05, 3.63) is 58.3 Å². The fourth-order valence-electron chi connectivity index (χ4n) is 1.98. The van der Waals surface area contributed by atoms with Crippen LogP contribution in [0.3, 0.4) is 0 Å². The molecule has 114 valence electrons. The number of hydrogen-bond acceptors (Lipinski definition) is 3. The van der Waals surface area contributed by atoms with Crippen LogP contribution in [-0.4, -0.2) is 12.5 Å². The minimum Gasteiger partial charge on any atom is -0.348 e. The third-order valence-electron chi connectivity index (χ3n) is 3.29. The van der Waals surface area contributed by atoms with Crippen molar-refractivity contribution >= 4 is 29.7 Å². The van der Waals surface area contributed by atoms with Crippen molar-refractivity contribution in [1.29, 1.82) is 0 Å². The van der Waals surface area contributed by atoms with Crippen LogP contribution in [0.4, 0.5) is 0 Å². The Bertz CT molecular complexity index is 530. The highest BCUT2D eigenvalue weighted by Gasteiger charge is 2.19. The number of benzene rings is 1. The second-order valence-corrected chi connectivity index (χ2v) is 5.88. The molecule has 1 amide bonds. The van der Waals surface area contributed by atoms with Crippen molar-refractivity contribution in [2.75, 3.05) is 6.54 Å². The summed E-state index contributed by atoms with van der Waals surface area (Å²) in [7, 11) is 0. The maximum atomic E-state index is 12.1. The van der Waals surface area contributed by atoms with Crippen LogP contribution in [0.2, 0.25) is 0 Å². The van der Waals surface area contributed by atoms with Crippen LogP contribution in [0.5, 0.6) is 0 Å². The maximum Gasteiger partial charge on any atom is 0.224 e. The number of hydrogen-bond donors (Lipinski definition) is 2. The second kappa shape index (κ2) is 8.82. The predicted molar refractivity (Wildman–Crippen MR) is 90.8 cm³/mol. The highest BCUT2D eigenvalue weighted by atomic mass is 35.5. The van der Waals surface area contributed by atoms with Gasteiger partial charge in [0.2, 0.25) is 5.91 Å². The molecule has 1 aromatic carbocycles. The Kier molecular flexibility index (Phi) is 7.43. The smallest absolute Gasteiger partial charge is 0.224 e. The van der Waals surface area contributed by atoms with E-state index in [1.54, 1.807) is 11.3 Å². The number of rotatable bonds is 6. The van der Waals surface area contributed by atoms with E-state index in [1.807, 2.05) is 36.6 Å². The molecule has 21 heavy (non-hydrogen) atoms. The van der Waals surface area contributed by atoms with Crippen molar-refractivity contribution in [2.45, 2.75) is 19.4 Å². The van der Waals surface area contributed by atoms with Gasteiger partial charge in [-0.2, -0.15) is 0 Å². The maximum absolute atomic E-state index is 12.1. The molecule has 1 aromatic heterocycles. The van der Waals surface area contributed by atoms with Crippen LogP contribution in [0.1, 0.15) is 23.4 Å². The fraction of sp³-hybridized carbons (Fsp3) is 0.312. The highest BCUT2D eigenvalue weighted by Crippen LogP contribution is 2.23. The Hall–Kier alpha value is -1.36. The molecule has 0 bridgehead atoms. The molecule has 0 aliphatic carbocycles. The van der Waals surface area contributed by atoms with E-state index in [2.05, 4.69) is 23.5 Å². The van der Waals surface area contributed by atoms with Gasteiger partial charge in [0.25, 0.3) is 0 Å². The lowest BCUT2D eigenvalue weighted by molar-refractivity contribution is -0.124. The lowest BCUT2D eigenvalue weighted by Crippen LogP contribution is -2.36. The SMILES string of the molecule is CC(CN)C(=O)NC(Cc1ccccc1)c1cccs1.Cl. The van der Waals surface area contributed by atoms with Gasteiger partial charge in [-0.3, -0.25) is 4.79 Å². The molecule has 1 heterocycles. The Morgan fingerprint density at radius 1 is 1.24 bits per heavy atom. The van der Waals surface area contributed by atoms with Gasteiger partial charge < -0.3 is 11.1 Å². The summed E-state index contributed by atoms with van der Waals surface area (Å²) in [4.78, 5) is 13.3. The molecule has 2 aromatic rings. The molecule has 2 atom stereocenters. The van der Waals surface area contributed by atoms with Gasteiger partial charge in [-0.25, -0.2) is 0 Å². The largest absolute Gasteiger partial charge is 0.348 e. The van der Waals surface area contributed by atoms with Crippen molar-refractivity contribution < 1.29 is 4.79 Å². The van der Waals surface area contributed by atoms with E-state index in [9.17, 15) is 4.79 Å². The minimum absolute atomic E-state index is 0. The van der Waals surface area contributed by atoms with Gasteiger partial charge in [0, 0.05) is 17.3 Å². The topological polar surface area (TPSA) is 55.1 Å². The summed E-state index contributed by atoms with van der Waals surface area (Å²) >= 11 is 1.67. The number of carbonyl (C=O) groups is 1. The van der Waals surface area contributed by atoms with Crippen LogP contribution in [0.25, 0.3) is 0 Å². The number of amides is 1. The minimum atomic E-state index is -0.159. The zero-order chi connectivity index (χ0) is 14.4. The first-order valence-electron chi connectivity index (χ1n) is 6.78. The van der Waals surface area contributed by atoms with E-state index in [-0.39, 0.29) is 30.3 Å². The van der Waals surface area contributed by atoms with E-state index >= 15 is 0 Å². The third kappa shape index (κ3) is 5.16. The van der Waals surface area contributed by atoms with Crippen LogP contribution in [-0.2, 0) is 11.2 Å². The molecule has 0 fully saturated rings. The summed E-state index contributed by atoms with van der Waals surface area (Å²) < 4.78 is 0. The summed E-state index contributed by atoms with van der Waals surface area (Å²) in [6.07, 6.45) is 0.796. The second-order valence-electron chi connectivity index (χ2n) is 4.90. The zero-order valence-corrected chi connectivity index (χ0v) is 13.6. The number of halogens is 1. The standard InChI is InChI=1S/C16H20N2OS.ClH/c1-12(11-17)16(19)18-14(15-8-5-9-20-15)10-13-6-3-2-4-7-13;/h2-9,12,14H,10-11,17H2,1H3,(H,18,19);1H. The molecule has 2 unspecified atom stereocenters. The normalized spacial score (nSPS) is 13.0. The first-order chi connectivity index (χ1) is 9.70. The quantitative estimate of drug-likeness (QED) is 0.857. The van der Waals surface area contributed by atoms with E-state index in [4.69, 9.17) is 5.73 Å². The molecule has 5 heteroatoms.